The van der Waals surface area contributed by atoms with Crippen molar-refractivity contribution in [2.45, 2.75) is 13.8 Å². The van der Waals surface area contributed by atoms with Crippen molar-refractivity contribution < 1.29 is 0 Å². The topological polar surface area (TPSA) is 39.3 Å². The Morgan fingerprint density at radius 3 is 2.48 bits per heavy atom. The maximum atomic E-state index is 12.9. The van der Waals surface area contributed by atoms with Gasteiger partial charge >= 0.3 is 0 Å². The lowest BCUT2D eigenvalue weighted by Crippen LogP contribution is -2.19. The molecule has 0 spiro atoms. The van der Waals surface area contributed by atoms with Crippen LogP contribution >= 0.6 is 11.6 Å². The molecule has 0 saturated carbocycles. The number of hydrogen-bond acceptors (Lipinski definition) is 2. The van der Waals surface area contributed by atoms with Crippen LogP contribution in [-0.2, 0) is 0 Å². The van der Waals surface area contributed by atoms with E-state index in [9.17, 15) is 4.79 Å². The van der Waals surface area contributed by atoms with Gasteiger partial charge in [-0.15, -0.1) is 0 Å². The number of hydrogen-bond donors (Lipinski definition) is 0. The van der Waals surface area contributed by atoms with Crippen LogP contribution < -0.4 is 5.56 Å². The van der Waals surface area contributed by atoms with Gasteiger partial charge in [-0.3, -0.25) is 9.36 Å². The number of benzene rings is 2. The van der Waals surface area contributed by atoms with Crippen molar-refractivity contribution in [3.63, 3.8) is 0 Å². The fourth-order valence-corrected chi connectivity index (χ4v) is 2.95. The highest BCUT2D eigenvalue weighted by Gasteiger charge is 2.11. The van der Waals surface area contributed by atoms with Crippen molar-refractivity contribution >= 4 is 17.2 Å². The highest BCUT2D eigenvalue weighted by molar-refractivity contribution is 6.31. The van der Waals surface area contributed by atoms with E-state index in [0.29, 0.717) is 10.7 Å². The molecule has 0 aliphatic rings. The lowest BCUT2D eigenvalue weighted by molar-refractivity contribution is 0.949. The van der Waals surface area contributed by atoms with Crippen molar-refractivity contribution in [2.75, 3.05) is 0 Å². The Bertz CT molecular complexity index is 1140. The fraction of sp³-hybridized carbons (Fsp3) is 0.100. The van der Waals surface area contributed by atoms with Gasteiger partial charge in [0, 0.05) is 29.2 Å². The van der Waals surface area contributed by atoms with Crippen LogP contribution in [0.15, 0.2) is 65.8 Å². The molecule has 4 aromatic rings. The molecule has 0 fully saturated rings. The number of aromatic nitrogens is 3. The maximum Gasteiger partial charge on any atom is 0.298 e. The van der Waals surface area contributed by atoms with Crippen LogP contribution in [0.5, 0.6) is 0 Å². The van der Waals surface area contributed by atoms with E-state index < -0.39 is 0 Å². The number of rotatable bonds is 2. The largest absolute Gasteiger partial charge is 0.300 e. The van der Waals surface area contributed by atoms with Crippen LogP contribution in [0.3, 0.4) is 0 Å². The molecule has 0 unspecified atom stereocenters. The van der Waals surface area contributed by atoms with Gasteiger partial charge in [0.15, 0.2) is 0 Å². The molecule has 0 aliphatic carbocycles. The van der Waals surface area contributed by atoms with Crippen LogP contribution in [-0.4, -0.2) is 14.0 Å². The normalized spacial score (nSPS) is 11.2. The van der Waals surface area contributed by atoms with Gasteiger partial charge in [-0.05, 0) is 31.5 Å². The van der Waals surface area contributed by atoms with Gasteiger partial charge in [-0.2, -0.15) is 0 Å². The summed E-state index contributed by atoms with van der Waals surface area (Å²) in [6.45, 7) is 3.97. The van der Waals surface area contributed by atoms with E-state index in [1.54, 1.807) is 21.2 Å². The second kappa shape index (κ2) is 5.90. The Balaban J connectivity index is 1.86. The molecule has 0 atom stereocenters. The minimum atomic E-state index is -0.180. The summed E-state index contributed by atoms with van der Waals surface area (Å²) in [6, 6.07) is 13.7. The molecule has 0 aliphatic heterocycles. The van der Waals surface area contributed by atoms with Gasteiger partial charge in [-0.1, -0.05) is 47.5 Å². The summed E-state index contributed by atoms with van der Waals surface area (Å²) in [5, 5.41) is 0.632. The number of imidazole rings is 1. The molecule has 124 valence electrons. The summed E-state index contributed by atoms with van der Waals surface area (Å²) < 4.78 is 3.32. The second-order valence-electron chi connectivity index (χ2n) is 6.13. The van der Waals surface area contributed by atoms with E-state index in [2.05, 4.69) is 4.98 Å². The predicted octanol–water partition coefficient (Wildman–Crippen LogP) is 4.42. The Hall–Kier alpha value is -2.85. The number of halogens is 1. The smallest absolute Gasteiger partial charge is 0.298 e. The van der Waals surface area contributed by atoms with Gasteiger partial charge in [0.25, 0.3) is 5.56 Å². The molecule has 2 heterocycles. The quantitative estimate of drug-likeness (QED) is 0.537. The Morgan fingerprint density at radius 2 is 1.76 bits per heavy atom. The van der Waals surface area contributed by atoms with Crippen molar-refractivity contribution in [1.29, 1.82) is 0 Å². The zero-order valence-corrected chi connectivity index (χ0v) is 14.7. The average Bonchev–Trinajstić information content (AvgIpc) is 3.04. The molecule has 25 heavy (non-hydrogen) atoms. The lowest BCUT2D eigenvalue weighted by Gasteiger charge is -2.07. The summed E-state index contributed by atoms with van der Waals surface area (Å²) in [4.78, 5) is 17.4. The van der Waals surface area contributed by atoms with Crippen LogP contribution in [0.1, 0.15) is 11.1 Å². The van der Waals surface area contributed by atoms with Gasteiger partial charge in [0.05, 0.1) is 11.4 Å². The molecule has 4 rings (SSSR count). The van der Waals surface area contributed by atoms with E-state index in [1.165, 1.54) is 5.56 Å². The first-order valence-electron chi connectivity index (χ1n) is 7.97. The lowest BCUT2D eigenvalue weighted by atomic mass is 10.1. The molecule has 5 heteroatoms. The predicted molar refractivity (Wildman–Crippen MR) is 101 cm³/mol. The third kappa shape index (κ3) is 2.75. The zero-order chi connectivity index (χ0) is 17.6. The minimum absolute atomic E-state index is 0.180. The van der Waals surface area contributed by atoms with E-state index in [1.807, 2.05) is 62.6 Å². The number of nitrogens with zero attached hydrogens (tertiary/aromatic N) is 3. The second-order valence-corrected chi connectivity index (χ2v) is 6.54. The van der Waals surface area contributed by atoms with Gasteiger partial charge in [0.2, 0.25) is 5.65 Å². The van der Waals surface area contributed by atoms with Crippen molar-refractivity contribution in [3.8, 4) is 16.9 Å². The van der Waals surface area contributed by atoms with E-state index in [4.69, 9.17) is 11.6 Å². The standard InChI is InChI=1S/C20H16ClN3O/c1-13-3-6-15(7-4-13)18-12-23-9-10-24(20(25)19(23)22-18)16-8-5-14(2)17(21)11-16/h3-12H,1-2H3. The highest BCUT2D eigenvalue weighted by atomic mass is 35.5. The number of aryl methyl sites for hydroxylation is 2. The molecule has 2 aromatic heterocycles. The van der Waals surface area contributed by atoms with E-state index >= 15 is 0 Å². The average molecular weight is 350 g/mol. The van der Waals surface area contributed by atoms with Crippen LogP contribution in [0.25, 0.3) is 22.6 Å². The molecular weight excluding hydrogens is 334 g/mol. The maximum absolute atomic E-state index is 12.9. The molecule has 0 bridgehead atoms. The van der Waals surface area contributed by atoms with E-state index in [-0.39, 0.29) is 5.56 Å². The van der Waals surface area contributed by atoms with Gasteiger partial charge in [-0.25, -0.2) is 4.98 Å². The summed E-state index contributed by atoms with van der Waals surface area (Å²) >= 11 is 6.19. The third-order valence-corrected chi connectivity index (χ3v) is 4.71. The summed E-state index contributed by atoms with van der Waals surface area (Å²) in [5.41, 5.74) is 4.85. The van der Waals surface area contributed by atoms with Gasteiger partial charge < -0.3 is 4.40 Å². The molecule has 0 N–H and O–H groups in total. The van der Waals surface area contributed by atoms with Crippen molar-refractivity contribution in [3.05, 3.63) is 87.6 Å². The first-order chi connectivity index (χ1) is 12.0. The van der Waals surface area contributed by atoms with Crippen molar-refractivity contribution in [2.24, 2.45) is 0 Å². The fourth-order valence-electron chi connectivity index (χ4n) is 2.78. The van der Waals surface area contributed by atoms with Crippen molar-refractivity contribution in [1.82, 2.24) is 14.0 Å². The SMILES string of the molecule is Cc1ccc(-c2cn3ccn(-c4ccc(C)c(Cl)c4)c(=O)c3n2)cc1. The number of fused-ring (bicyclic) bond motifs is 1. The van der Waals surface area contributed by atoms with Crippen LogP contribution in [0, 0.1) is 13.8 Å². The Labute approximate surface area is 150 Å². The summed E-state index contributed by atoms with van der Waals surface area (Å²) in [5.74, 6) is 0. The molecular formula is C20H16ClN3O. The zero-order valence-electron chi connectivity index (χ0n) is 13.9. The van der Waals surface area contributed by atoms with Gasteiger partial charge in [0.1, 0.15) is 0 Å². The van der Waals surface area contributed by atoms with Crippen LogP contribution in [0.4, 0.5) is 0 Å². The van der Waals surface area contributed by atoms with E-state index in [0.717, 1.165) is 22.5 Å². The molecule has 4 nitrogen and oxygen atoms in total. The summed E-state index contributed by atoms with van der Waals surface area (Å²) in [6.07, 6.45) is 5.43. The molecule has 2 aromatic carbocycles. The Kier molecular flexibility index (Phi) is 3.70. The first-order valence-corrected chi connectivity index (χ1v) is 8.35. The summed E-state index contributed by atoms with van der Waals surface area (Å²) in [7, 11) is 0. The minimum Gasteiger partial charge on any atom is -0.300 e. The monoisotopic (exact) mass is 349 g/mol. The molecule has 0 radical (unpaired) electrons. The molecule has 0 saturated heterocycles. The third-order valence-electron chi connectivity index (χ3n) is 4.30. The van der Waals surface area contributed by atoms with Crippen LogP contribution in [0.2, 0.25) is 5.02 Å². The Morgan fingerprint density at radius 1 is 1.00 bits per heavy atom. The molecule has 0 amide bonds. The highest BCUT2D eigenvalue weighted by Crippen LogP contribution is 2.20. The first kappa shape index (κ1) is 15.7.